The Morgan fingerprint density at radius 2 is 0.495 bits per heavy atom. The summed E-state index contributed by atoms with van der Waals surface area (Å²) in [6.45, 7) is 5.24. The van der Waals surface area contributed by atoms with Gasteiger partial charge in [0, 0.05) is 22.7 Å². The van der Waals surface area contributed by atoms with Crippen LogP contribution >= 0.6 is 0 Å². The highest BCUT2D eigenvalue weighted by molar-refractivity contribution is 6.82. The minimum Gasteiger partial charge on any atom is -0.465 e. The monoisotopic (exact) mass is 1230 g/mol. The van der Waals surface area contributed by atoms with E-state index in [0.29, 0.717) is 18.9 Å². The Morgan fingerprint density at radius 1 is 0.278 bits per heavy atom. The predicted octanol–water partition coefficient (Wildman–Crippen LogP) is 27.4. The summed E-state index contributed by atoms with van der Waals surface area (Å²) in [5, 5.41) is 89.2. The highest BCUT2D eigenvalue weighted by Gasteiger charge is 2.94. The molecule has 0 bridgehead atoms. The van der Waals surface area contributed by atoms with E-state index in [9.17, 15) is 0 Å². The lowest BCUT2D eigenvalue weighted by atomic mass is 9.68. The van der Waals surface area contributed by atoms with E-state index in [1.165, 1.54) is 134 Å². The third kappa shape index (κ3) is 3.45. The fourth-order valence-electron chi connectivity index (χ4n) is 31.0. The van der Waals surface area contributed by atoms with Crippen LogP contribution in [0.25, 0.3) is 291 Å². The van der Waals surface area contributed by atoms with Gasteiger partial charge in [0.2, 0.25) is 0 Å². The summed E-state index contributed by atoms with van der Waals surface area (Å²) in [4.78, 5) is 15.2. The van der Waals surface area contributed by atoms with E-state index < -0.39 is 0 Å². The van der Waals surface area contributed by atoms with E-state index in [-0.39, 0.29) is 22.2 Å². The number of unbranched alkanes of at least 4 members (excludes halogenated alkanes) is 16. The average molecular weight is 1230 g/mol. The van der Waals surface area contributed by atoms with Crippen LogP contribution in [0, 0.1) is 5.92 Å². The fourth-order valence-corrected chi connectivity index (χ4v) is 31.0. The maximum Gasteiger partial charge on any atom is 0.305 e. The summed E-state index contributed by atoms with van der Waals surface area (Å²) in [5.74, 6) is 0.493. The molecule has 97 heavy (non-hydrogen) atoms. The first-order valence-electron chi connectivity index (χ1n) is 39.2. The fraction of sp³-hybridized carbons (Fsp3) is 0.316. The number of benzene rings is 19. The number of carbonyl (C=O) groups excluding carboxylic acids is 1. The van der Waals surface area contributed by atoms with Gasteiger partial charge in [-0.3, -0.25) is 4.79 Å². The molecular formula is C95H60O2. The van der Waals surface area contributed by atoms with Gasteiger partial charge in [-0.05, 0) is 350 Å². The molecule has 0 aromatic heterocycles. The largest absolute Gasteiger partial charge is 0.465 e. The molecule has 2 heteroatoms. The van der Waals surface area contributed by atoms with Crippen molar-refractivity contribution in [2.75, 3.05) is 6.61 Å². The molecule has 5 aliphatic carbocycles. The summed E-state index contributed by atoms with van der Waals surface area (Å²) in [6, 6.07) is 12.4. The van der Waals surface area contributed by atoms with E-state index in [0.717, 1.165) is 12.8 Å². The second-order valence-corrected chi connectivity index (χ2v) is 35.2. The van der Waals surface area contributed by atoms with Gasteiger partial charge in [-0.1, -0.05) is 160 Å². The normalized spacial score (nSPS) is 21.2. The lowest BCUT2D eigenvalue weighted by molar-refractivity contribution is -0.145. The lowest BCUT2D eigenvalue weighted by Crippen LogP contribution is -2.27. The smallest absolute Gasteiger partial charge is 0.305 e. The number of rotatable bonds is 27. The highest BCUT2D eigenvalue weighted by atomic mass is 16.5. The molecule has 1 atom stereocenters. The quantitative estimate of drug-likeness (QED) is 0.0291. The molecule has 452 valence electrons. The van der Waals surface area contributed by atoms with Crippen LogP contribution in [-0.2, 0) is 25.8 Å². The Bertz CT molecular complexity index is 7460. The molecule has 1 unspecified atom stereocenters. The zero-order chi connectivity index (χ0) is 60.9. The third-order valence-electron chi connectivity index (χ3n) is 32.6. The maximum absolute atomic E-state index is 15.2. The first-order chi connectivity index (χ1) is 48.2. The standard InChI is InChI=1S/C95H60O2/c1-3-5-7-9-11-13-14-16-18-21-26-32(25-20-17-15-12-10-8-6-4-2)31-97-34(96)29-24-30-93(33-27-22-19-23-28-33)94-89-81-73-63-53-45-37-35-36-39-43-41(37)49-57-51(43)61-55-47(39)48-40(36)44-42-38(35)46(45)54-60-50(42)58-52(44)62-56(48)66-65(55)75-69(61)79-71(57)77(67(73)59(49)53)85(89)87(79)91-83(75)84-76(66)70(62)80-72(58)78-68(60)74(64(54)63)82(81)90(94)86(78)88(80)92(84)95(91,93)94/h19,22-23,27-28,32H,3-18,20-21,24-26,29-31H2,1-2H3. The summed E-state index contributed by atoms with van der Waals surface area (Å²) >= 11 is 0. The Kier molecular flexibility index (Phi) is 6.27. The Labute approximate surface area is 551 Å². The number of ether oxygens (including phenoxy) is 1. The first kappa shape index (κ1) is 46.4. The van der Waals surface area contributed by atoms with E-state index in [1.54, 1.807) is 313 Å². The van der Waals surface area contributed by atoms with Crippen LogP contribution in [0.4, 0.5) is 0 Å². The molecule has 0 aliphatic heterocycles. The van der Waals surface area contributed by atoms with Crippen molar-refractivity contribution in [2.24, 2.45) is 5.92 Å². The zero-order valence-corrected chi connectivity index (χ0v) is 54.8. The zero-order valence-electron chi connectivity index (χ0n) is 54.8. The topological polar surface area (TPSA) is 26.3 Å². The van der Waals surface area contributed by atoms with Crippen molar-refractivity contribution < 1.29 is 9.53 Å². The van der Waals surface area contributed by atoms with Gasteiger partial charge in [-0.2, -0.15) is 0 Å². The van der Waals surface area contributed by atoms with Crippen LogP contribution in [0.5, 0.6) is 0 Å². The van der Waals surface area contributed by atoms with Gasteiger partial charge in [0.05, 0.1) is 6.61 Å². The average Bonchev–Trinajstić information content (AvgIpc) is 1.36. The Balaban J connectivity index is 0.666. The minimum absolute atomic E-state index is 0.0443. The second kappa shape index (κ2) is 13.1. The van der Waals surface area contributed by atoms with Crippen molar-refractivity contribution >= 4 is 297 Å². The molecule has 1 fully saturated rings. The number of esters is 1. The van der Waals surface area contributed by atoms with E-state index >= 15 is 4.79 Å². The third-order valence-corrected chi connectivity index (χ3v) is 32.6. The molecule has 2 nitrogen and oxygen atoms in total. The molecule has 0 N–H and O–H groups in total. The van der Waals surface area contributed by atoms with Crippen LogP contribution in [0.2, 0.25) is 0 Å². The first-order valence-corrected chi connectivity index (χ1v) is 39.2. The molecule has 1 saturated carbocycles. The summed E-state index contributed by atoms with van der Waals surface area (Å²) < 4.78 is 6.78. The van der Waals surface area contributed by atoms with Crippen molar-refractivity contribution in [3.05, 3.63) is 58.1 Å². The van der Waals surface area contributed by atoms with Crippen LogP contribution in [0.15, 0.2) is 30.3 Å². The van der Waals surface area contributed by atoms with Crippen molar-refractivity contribution in [3.8, 4) is 0 Å². The molecule has 0 radical (unpaired) electrons. The summed E-state index contributed by atoms with van der Waals surface area (Å²) in [6.07, 6.45) is 28.9. The highest BCUT2D eigenvalue weighted by Crippen LogP contribution is 2.97. The van der Waals surface area contributed by atoms with Crippen LogP contribution in [0.1, 0.15) is 189 Å². The summed E-state index contributed by atoms with van der Waals surface area (Å²) in [7, 11) is 0. The minimum atomic E-state index is -0.368. The lowest BCUT2D eigenvalue weighted by Gasteiger charge is -2.32. The van der Waals surface area contributed by atoms with Gasteiger partial charge in [-0.15, -0.1) is 0 Å². The maximum atomic E-state index is 15.2. The molecule has 34 rings (SSSR count). The SMILES string of the molecule is CCCCCCCCCCCCC(CCCCCCCCCC)COC(=O)CCCC1(c2ccccc2)C23c4c5c6c7c8c9c(c%10c%11c2c2c4c4c%12c5c5c6c6c8c8c%13c9c9c%10c%10c%11c%11c2c2c4c4c%12c%12c5c5c6c8c6c8c%13c9c9c%10c%10c%11c2c2c4c4c%12c5c6c5c8c9c%10c2c45)C713. The van der Waals surface area contributed by atoms with E-state index in [1.807, 2.05) is 0 Å². The number of hydrogen-bond acceptors (Lipinski definition) is 2. The number of carbonyl (C=O) groups is 1. The molecule has 2 spiro atoms. The van der Waals surface area contributed by atoms with Gasteiger partial charge in [0.15, 0.2) is 0 Å². The Hall–Kier alpha value is -8.85. The molecule has 29 aromatic rings. The van der Waals surface area contributed by atoms with Gasteiger partial charge in [-0.25, -0.2) is 0 Å². The van der Waals surface area contributed by atoms with Crippen molar-refractivity contribution in [3.63, 3.8) is 0 Å². The molecule has 29 aromatic carbocycles. The van der Waals surface area contributed by atoms with Crippen LogP contribution in [-0.4, -0.2) is 12.6 Å². The van der Waals surface area contributed by atoms with Crippen molar-refractivity contribution in [2.45, 2.75) is 178 Å². The van der Waals surface area contributed by atoms with Crippen LogP contribution < -0.4 is 0 Å². The van der Waals surface area contributed by atoms with E-state index in [4.69, 9.17) is 4.74 Å². The van der Waals surface area contributed by atoms with Gasteiger partial charge in [0.25, 0.3) is 0 Å². The molecule has 0 saturated heterocycles. The van der Waals surface area contributed by atoms with Crippen molar-refractivity contribution in [1.82, 2.24) is 0 Å². The van der Waals surface area contributed by atoms with Crippen LogP contribution in [0.3, 0.4) is 0 Å². The van der Waals surface area contributed by atoms with Gasteiger partial charge >= 0.3 is 5.97 Å². The van der Waals surface area contributed by atoms with Crippen molar-refractivity contribution in [1.29, 1.82) is 0 Å². The molecule has 0 amide bonds. The second-order valence-electron chi connectivity index (χ2n) is 35.2. The summed E-state index contributed by atoms with van der Waals surface area (Å²) in [5.41, 5.74) is 7.38. The Morgan fingerprint density at radius 3 is 0.732 bits per heavy atom. The predicted molar refractivity (Wildman–Crippen MR) is 414 cm³/mol. The molecular weight excluding hydrogens is 1170 g/mol. The molecule has 0 heterocycles. The van der Waals surface area contributed by atoms with Gasteiger partial charge < -0.3 is 4.74 Å². The number of hydrogen-bond donors (Lipinski definition) is 0. The molecule has 5 aliphatic rings. The van der Waals surface area contributed by atoms with Gasteiger partial charge in [0.1, 0.15) is 0 Å². The van der Waals surface area contributed by atoms with E-state index in [2.05, 4.69) is 44.2 Å².